The zero-order chi connectivity index (χ0) is 13.2. The van der Waals surface area contributed by atoms with E-state index in [2.05, 4.69) is 15.1 Å². The standard InChI is InChI=1S/C13H11ClN4O/c14-13-17-11(9-4-2-1-3-5-9)10(6-7-19)12-15-8-16-18(12)13/h1-5,8,19H,6-7H2. The molecule has 1 N–H and O–H groups in total. The molecular weight excluding hydrogens is 264 g/mol. The first-order chi connectivity index (χ1) is 9.31. The van der Waals surface area contributed by atoms with Crippen molar-refractivity contribution >= 4 is 17.2 Å². The summed E-state index contributed by atoms with van der Waals surface area (Å²) in [6.07, 6.45) is 1.88. The highest BCUT2D eigenvalue weighted by molar-refractivity contribution is 6.28. The van der Waals surface area contributed by atoms with Crippen LogP contribution in [-0.4, -0.2) is 31.3 Å². The molecule has 0 unspecified atom stereocenters. The number of halogens is 1. The van der Waals surface area contributed by atoms with Crippen LogP contribution in [-0.2, 0) is 6.42 Å². The summed E-state index contributed by atoms with van der Waals surface area (Å²) in [7, 11) is 0. The molecule has 0 saturated heterocycles. The van der Waals surface area contributed by atoms with Gasteiger partial charge in [0.1, 0.15) is 6.33 Å². The molecule has 2 heterocycles. The van der Waals surface area contributed by atoms with Crippen LogP contribution in [0.1, 0.15) is 5.56 Å². The van der Waals surface area contributed by atoms with E-state index in [0.717, 1.165) is 16.8 Å². The molecule has 0 radical (unpaired) electrons. The fourth-order valence-corrected chi connectivity index (χ4v) is 2.28. The molecular formula is C13H11ClN4O. The number of nitrogens with zero attached hydrogens (tertiary/aromatic N) is 4. The van der Waals surface area contributed by atoms with Crippen LogP contribution < -0.4 is 0 Å². The van der Waals surface area contributed by atoms with Crippen molar-refractivity contribution in [2.45, 2.75) is 6.42 Å². The second kappa shape index (κ2) is 4.95. The highest BCUT2D eigenvalue weighted by Crippen LogP contribution is 2.26. The summed E-state index contributed by atoms with van der Waals surface area (Å²) < 4.78 is 1.47. The molecule has 5 nitrogen and oxygen atoms in total. The molecule has 3 rings (SSSR count). The second-order valence-corrected chi connectivity index (χ2v) is 4.38. The van der Waals surface area contributed by atoms with Gasteiger partial charge in [-0.25, -0.2) is 9.97 Å². The second-order valence-electron chi connectivity index (χ2n) is 4.04. The number of rotatable bonds is 3. The normalized spacial score (nSPS) is 11.1. The minimum Gasteiger partial charge on any atom is -0.396 e. The first-order valence-electron chi connectivity index (χ1n) is 5.85. The van der Waals surface area contributed by atoms with E-state index in [0.29, 0.717) is 12.1 Å². The smallest absolute Gasteiger partial charge is 0.226 e. The molecule has 0 saturated carbocycles. The van der Waals surface area contributed by atoms with Gasteiger partial charge in [-0.05, 0) is 11.6 Å². The molecule has 6 heteroatoms. The number of hydrogen-bond donors (Lipinski definition) is 1. The fourth-order valence-electron chi connectivity index (χ4n) is 2.07. The summed E-state index contributed by atoms with van der Waals surface area (Å²) in [5, 5.41) is 13.5. The van der Waals surface area contributed by atoms with Crippen molar-refractivity contribution in [3.05, 3.63) is 47.5 Å². The van der Waals surface area contributed by atoms with E-state index in [1.807, 2.05) is 30.3 Å². The van der Waals surface area contributed by atoms with E-state index in [1.54, 1.807) is 0 Å². The molecule has 96 valence electrons. The van der Waals surface area contributed by atoms with Crippen molar-refractivity contribution in [3.63, 3.8) is 0 Å². The Morgan fingerprint density at radius 1 is 1.21 bits per heavy atom. The maximum absolute atomic E-state index is 9.24. The first-order valence-corrected chi connectivity index (χ1v) is 6.23. The predicted octanol–water partition coefficient (Wildman–Crippen LogP) is 1.98. The summed E-state index contributed by atoms with van der Waals surface area (Å²) in [5.41, 5.74) is 3.15. The van der Waals surface area contributed by atoms with Crippen LogP contribution in [0, 0.1) is 0 Å². The Hall–Kier alpha value is -1.98. The van der Waals surface area contributed by atoms with Crippen molar-refractivity contribution in [3.8, 4) is 11.3 Å². The van der Waals surface area contributed by atoms with Gasteiger partial charge in [0.25, 0.3) is 0 Å². The Labute approximate surface area is 114 Å². The van der Waals surface area contributed by atoms with Crippen LogP contribution in [0.4, 0.5) is 0 Å². The minimum atomic E-state index is 0.0195. The Morgan fingerprint density at radius 3 is 2.74 bits per heavy atom. The van der Waals surface area contributed by atoms with E-state index in [1.165, 1.54) is 10.8 Å². The van der Waals surface area contributed by atoms with Gasteiger partial charge < -0.3 is 5.11 Å². The van der Waals surface area contributed by atoms with Gasteiger partial charge in [-0.2, -0.15) is 9.61 Å². The lowest BCUT2D eigenvalue weighted by Crippen LogP contribution is -2.04. The quantitative estimate of drug-likeness (QED) is 0.742. The molecule has 0 aliphatic carbocycles. The number of benzene rings is 1. The van der Waals surface area contributed by atoms with Crippen LogP contribution in [0.15, 0.2) is 36.7 Å². The number of hydrogen-bond acceptors (Lipinski definition) is 4. The van der Waals surface area contributed by atoms with E-state index < -0.39 is 0 Å². The Balaban J connectivity index is 2.31. The third-order valence-electron chi connectivity index (χ3n) is 2.89. The largest absolute Gasteiger partial charge is 0.396 e. The Morgan fingerprint density at radius 2 is 2.00 bits per heavy atom. The molecule has 1 aromatic carbocycles. The maximum atomic E-state index is 9.24. The topological polar surface area (TPSA) is 63.3 Å². The molecule has 0 fully saturated rings. The van der Waals surface area contributed by atoms with Crippen molar-refractivity contribution in [1.29, 1.82) is 0 Å². The van der Waals surface area contributed by atoms with Crippen LogP contribution in [0.5, 0.6) is 0 Å². The van der Waals surface area contributed by atoms with Crippen LogP contribution >= 0.6 is 11.6 Å². The third-order valence-corrected chi connectivity index (χ3v) is 3.14. The van der Waals surface area contributed by atoms with Crippen LogP contribution in [0.3, 0.4) is 0 Å². The van der Waals surface area contributed by atoms with E-state index in [4.69, 9.17) is 11.6 Å². The molecule has 2 aromatic heterocycles. The molecule has 0 amide bonds. The molecule has 0 bridgehead atoms. The van der Waals surface area contributed by atoms with Gasteiger partial charge in [0.2, 0.25) is 5.28 Å². The molecule has 0 spiro atoms. The van der Waals surface area contributed by atoms with Crippen molar-refractivity contribution < 1.29 is 5.11 Å². The highest BCUT2D eigenvalue weighted by Gasteiger charge is 2.15. The van der Waals surface area contributed by atoms with Gasteiger partial charge in [-0.1, -0.05) is 30.3 Å². The zero-order valence-corrected chi connectivity index (χ0v) is 10.7. The highest BCUT2D eigenvalue weighted by atomic mass is 35.5. The van der Waals surface area contributed by atoms with Crippen molar-refractivity contribution in [1.82, 2.24) is 19.6 Å². The average molecular weight is 275 g/mol. The molecule has 19 heavy (non-hydrogen) atoms. The zero-order valence-electron chi connectivity index (χ0n) is 9.99. The number of aromatic nitrogens is 4. The Kier molecular flexibility index (Phi) is 3.15. The number of aliphatic hydroxyl groups is 1. The summed E-state index contributed by atoms with van der Waals surface area (Å²) in [6.45, 7) is 0.0195. The van der Waals surface area contributed by atoms with E-state index in [9.17, 15) is 5.11 Å². The predicted molar refractivity (Wildman–Crippen MR) is 72.0 cm³/mol. The van der Waals surface area contributed by atoms with Crippen LogP contribution in [0.25, 0.3) is 16.9 Å². The molecule has 0 aliphatic rings. The van der Waals surface area contributed by atoms with Gasteiger partial charge in [-0.3, -0.25) is 0 Å². The monoisotopic (exact) mass is 274 g/mol. The summed E-state index contributed by atoms with van der Waals surface area (Å²) in [5.74, 6) is 0. The third kappa shape index (κ3) is 2.07. The lowest BCUT2D eigenvalue weighted by molar-refractivity contribution is 0.300. The van der Waals surface area contributed by atoms with Gasteiger partial charge in [0.05, 0.1) is 5.69 Å². The first kappa shape index (κ1) is 12.1. The SMILES string of the molecule is OCCc1c(-c2ccccc2)nc(Cl)n2ncnc12. The molecule has 0 aliphatic heterocycles. The van der Waals surface area contributed by atoms with Crippen molar-refractivity contribution in [2.75, 3.05) is 6.61 Å². The fraction of sp³-hybridized carbons (Fsp3) is 0.154. The number of fused-ring (bicyclic) bond motifs is 1. The van der Waals surface area contributed by atoms with E-state index >= 15 is 0 Å². The summed E-state index contributed by atoms with van der Waals surface area (Å²) >= 11 is 6.11. The minimum absolute atomic E-state index is 0.0195. The summed E-state index contributed by atoms with van der Waals surface area (Å²) in [6, 6.07) is 9.70. The maximum Gasteiger partial charge on any atom is 0.226 e. The van der Waals surface area contributed by atoms with Crippen molar-refractivity contribution in [2.24, 2.45) is 0 Å². The van der Waals surface area contributed by atoms with Gasteiger partial charge in [0.15, 0.2) is 5.65 Å². The summed E-state index contributed by atoms with van der Waals surface area (Å²) in [4.78, 5) is 8.58. The van der Waals surface area contributed by atoms with Gasteiger partial charge in [-0.15, -0.1) is 0 Å². The van der Waals surface area contributed by atoms with Gasteiger partial charge in [0, 0.05) is 24.2 Å². The Bertz CT molecular complexity index is 711. The molecule has 0 atom stereocenters. The number of aliphatic hydroxyl groups excluding tert-OH is 1. The lowest BCUT2D eigenvalue weighted by atomic mass is 10.0. The van der Waals surface area contributed by atoms with Gasteiger partial charge >= 0.3 is 0 Å². The average Bonchev–Trinajstić information content (AvgIpc) is 2.93. The lowest BCUT2D eigenvalue weighted by Gasteiger charge is -2.10. The molecule has 3 aromatic rings. The van der Waals surface area contributed by atoms with Crippen LogP contribution in [0.2, 0.25) is 5.28 Å². The van der Waals surface area contributed by atoms with E-state index in [-0.39, 0.29) is 11.9 Å².